The van der Waals surface area contributed by atoms with E-state index < -0.39 is 12.1 Å². The zero-order chi connectivity index (χ0) is 21.0. The molecule has 2 aliphatic rings. The Morgan fingerprint density at radius 1 is 0.548 bits per heavy atom. The summed E-state index contributed by atoms with van der Waals surface area (Å²) in [5, 5.41) is 7.96. The van der Waals surface area contributed by atoms with Crippen LogP contribution in [0.1, 0.15) is 23.2 Å². The van der Waals surface area contributed by atoms with Crippen LogP contribution in [0.3, 0.4) is 0 Å². The van der Waals surface area contributed by atoms with E-state index in [1.165, 1.54) is 0 Å². The molecule has 7 heteroatoms. The molecule has 6 nitrogen and oxygen atoms in total. The first kappa shape index (κ1) is 24.8. The molecule has 2 aliphatic carbocycles. The molecule has 2 aromatic rings. The summed E-state index contributed by atoms with van der Waals surface area (Å²) in [5.74, 6) is 1.68. The van der Waals surface area contributed by atoms with E-state index in [1.807, 2.05) is 112 Å². The molecular formula is C24H20FeN6+2. The Morgan fingerprint density at radius 2 is 0.903 bits per heavy atom. The van der Waals surface area contributed by atoms with Gasteiger partial charge in [-0.05, 0) is 73.6 Å². The van der Waals surface area contributed by atoms with Gasteiger partial charge < -0.3 is 0 Å². The first-order chi connectivity index (χ1) is 14.8. The standard InChI is InChI=1S/C19H15N6.C5H5.Fe/c20-24-22-18(14-8-3-1-4-9-14)16-12-7-13-17(16)19(23-25-21)15-10-5-2-6-11-15;1-2-4-5-3-1;/h1-13,18-19H;1-5H;/q;;+2/t18-,19-;;/m0../s1. The van der Waals surface area contributed by atoms with E-state index in [0.717, 1.165) is 23.0 Å². The molecule has 0 amide bonds. The van der Waals surface area contributed by atoms with Crippen molar-refractivity contribution < 1.29 is 17.1 Å². The Bertz CT molecular complexity index is 783. The third kappa shape index (κ3) is 7.05. The molecule has 152 valence electrons. The first-order valence-electron chi connectivity index (χ1n) is 9.45. The Kier molecular flexibility index (Phi) is 11.1. The molecule has 4 rings (SSSR count). The predicted molar refractivity (Wildman–Crippen MR) is 118 cm³/mol. The Labute approximate surface area is 195 Å². The van der Waals surface area contributed by atoms with Crippen LogP contribution >= 0.6 is 0 Å². The fourth-order valence-electron chi connectivity index (χ4n) is 3.26. The second kappa shape index (κ2) is 13.8. The van der Waals surface area contributed by atoms with Crippen LogP contribution in [0.2, 0.25) is 0 Å². The summed E-state index contributed by atoms with van der Waals surface area (Å²) < 4.78 is 0. The topological polar surface area (TPSA) is 97.5 Å². The van der Waals surface area contributed by atoms with Crippen LogP contribution in [-0.4, -0.2) is 0 Å². The average Bonchev–Trinajstić information content (AvgIpc) is 3.52. The summed E-state index contributed by atoms with van der Waals surface area (Å²) >= 11 is 0. The second-order valence-electron chi connectivity index (χ2n) is 6.43. The number of rotatable bonds is 6. The van der Waals surface area contributed by atoms with Crippen LogP contribution in [0, 0.1) is 63.2 Å². The van der Waals surface area contributed by atoms with Gasteiger partial charge in [-0.2, -0.15) is 0 Å². The van der Waals surface area contributed by atoms with Crippen molar-refractivity contribution in [3.05, 3.63) is 156 Å². The molecular weight excluding hydrogens is 428 g/mol. The monoisotopic (exact) mass is 448 g/mol. The molecule has 0 heterocycles. The minimum Gasteiger partial charge on any atom is -0.0853 e. The number of benzene rings is 2. The molecule has 0 aliphatic heterocycles. The van der Waals surface area contributed by atoms with Crippen LogP contribution in [0.4, 0.5) is 0 Å². The third-order valence-corrected chi connectivity index (χ3v) is 4.59. The van der Waals surface area contributed by atoms with Gasteiger partial charge in [0, 0.05) is 21.7 Å². The van der Waals surface area contributed by atoms with Gasteiger partial charge in [-0.1, -0.05) is 70.9 Å². The SMILES string of the molecule is [CH]1[CH][CH][CH][CH]1.[Fe+2].[N-]=[N+]=N[C@H]([C]1[CH][CH][CH][C]1[C@@H](N=[N+]=[N-])c1ccccc1)c1ccccc1. The normalized spacial score (nSPS) is 17.8. The summed E-state index contributed by atoms with van der Waals surface area (Å²) in [6.45, 7) is 0. The maximum Gasteiger partial charge on any atom is 2.00 e. The quantitative estimate of drug-likeness (QED) is 0.199. The van der Waals surface area contributed by atoms with Crippen molar-refractivity contribution in [3.63, 3.8) is 0 Å². The first-order valence-corrected chi connectivity index (χ1v) is 9.45. The number of hydrogen-bond acceptors (Lipinski definition) is 2. The number of azide groups is 2. The van der Waals surface area contributed by atoms with Crippen molar-refractivity contribution in [3.8, 4) is 0 Å². The van der Waals surface area contributed by atoms with E-state index in [2.05, 4.69) is 20.1 Å². The molecule has 2 saturated carbocycles. The largest absolute Gasteiger partial charge is 2.00 e. The fourth-order valence-corrected chi connectivity index (χ4v) is 3.26. The fraction of sp³-hybridized carbons (Fsp3) is 0.0833. The van der Waals surface area contributed by atoms with Crippen molar-refractivity contribution in [1.29, 1.82) is 0 Å². The van der Waals surface area contributed by atoms with E-state index in [1.54, 1.807) is 0 Å². The minimum atomic E-state index is -0.476. The Morgan fingerprint density at radius 3 is 1.23 bits per heavy atom. The van der Waals surface area contributed by atoms with Crippen molar-refractivity contribution in [1.82, 2.24) is 0 Å². The van der Waals surface area contributed by atoms with Crippen LogP contribution in [0.15, 0.2) is 70.9 Å². The zero-order valence-corrected chi connectivity index (χ0v) is 17.7. The summed E-state index contributed by atoms with van der Waals surface area (Å²) in [4.78, 5) is 6.02. The van der Waals surface area contributed by atoms with Crippen LogP contribution < -0.4 is 0 Å². The van der Waals surface area contributed by atoms with Gasteiger partial charge in [0.05, 0.1) is 12.1 Å². The van der Waals surface area contributed by atoms with Crippen molar-refractivity contribution in [2.24, 2.45) is 10.2 Å². The molecule has 2 aromatic carbocycles. The number of hydrogen-bond donors (Lipinski definition) is 0. The van der Waals surface area contributed by atoms with E-state index in [4.69, 9.17) is 11.1 Å². The average molecular weight is 448 g/mol. The molecule has 0 unspecified atom stereocenters. The molecule has 0 saturated heterocycles. The molecule has 2 atom stereocenters. The zero-order valence-electron chi connectivity index (χ0n) is 16.6. The Balaban J connectivity index is 0.000000501. The molecule has 0 aromatic heterocycles. The summed E-state index contributed by atoms with van der Waals surface area (Å²) in [7, 11) is 0. The van der Waals surface area contributed by atoms with Gasteiger partial charge in [0.1, 0.15) is 0 Å². The predicted octanol–water partition coefficient (Wildman–Crippen LogP) is 6.88. The molecule has 0 bridgehead atoms. The van der Waals surface area contributed by atoms with Gasteiger partial charge in [0.15, 0.2) is 0 Å². The minimum absolute atomic E-state index is 0. The van der Waals surface area contributed by atoms with Crippen LogP contribution in [0.25, 0.3) is 20.9 Å². The number of nitrogens with zero attached hydrogens (tertiary/aromatic N) is 6. The molecule has 0 N–H and O–H groups in total. The van der Waals surface area contributed by atoms with Gasteiger partial charge in [-0.25, -0.2) is 0 Å². The third-order valence-electron chi connectivity index (χ3n) is 4.59. The molecule has 10 radical (unpaired) electrons. The van der Waals surface area contributed by atoms with Gasteiger partial charge in [-0.15, -0.1) is 0 Å². The maximum atomic E-state index is 9.02. The van der Waals surface area contributed by atoms with E-state index in [-0.39, 0.29) is 17.1 Å². The Hall–Kier alpha value is -2.42. The van der Waals surface area contributed by atoms with Gasteiger partial charge in [0.25, 0.3) is 0 Å². The summed E-state index contributed by atoms with van der Waals surface area (Å²) in [6, 6.07) is 18.2. The van der Waals surface area contributed by atoms with E-state index >= 15 is 0 Å². The van der Waals surface area contributed by atoms with Crippen molar-refractivity contribution in [2.45, 2.75) is 12.1 Å². The molecule has 2 fully saturated rings. The molecule has 0 spiro atoms. The maximum absolute atomic E-state index is 9.02. The van der Waals surface area contributed by atoms with E-state index in [9.17, 15) is 0 Å². The van der Waals surface area contributed by atoms with Gasteiger partial charge >= 0.3 is 17.1 Å². The smallest absolute Gasteiger partial charge is 0.0853 e. The molecule has 31 heavy (non-hydrogen) atoms. The summed E-state index contributed by atoms with van der Waals surface area (Å²) in [5.41, 5.74) is 19.8. The van der Waals surface area contributed by atoms with Crippen molar-refractivity contribution in [2.75, 3.05) is 0 Å². The summed E-state index contributed by atoms with van der Waals surface area (Å²) in [6.07, 6.45) is 15.7. The second-order valence-corrected chi connectivity index (χ2v) is 6.43. The van der Waals surface area contributed by atoms with Crippen LogP contribution in [0.5, 0.6) is 0 Å². The van der Waals surface area contributed by atoms with Gasteiger partial charge in [0.2, 0.25) is 0 Å². The van der Waals surface area contributed by atoms with Crippen LogP contribution in [-0.2, 0) is 17.1 Å². The van der Waals surface area contributed by atoms with E-state index in [0.29, 0.717) is 0 Å². The van der Waals surface area contributed by atoms with Gasteiger partial charge in [-0.3, -0.25) is 0 Å². The van der Waals surface area contributed by atoms with Crippen molar-refractivity contribution >= 4 is 0 Å².